The second-order valence-corrected chi connectivity index (χ2v) is 11.0. The molecule has 0 bridgehead atoms. The quantitative estimate of drug-likeness (QED) is 0.723. The summed E-state index contributed by atoms with van der Waals surface area (Å²) in [4.78, 5) is 0. The summed E-state index contributed by atoms with van der Waals surface area (Å²) in [5.41, 5.74) is 4.29. The van der Waals surface area contributed by atoms with E-state index in [2.05, 4.69) is 94.9 Å². The largest absolute Gasteiger partial charge is 0.142 e. The van der Waals surface area contributed by atoms with Gasteiger partial charge in [-0.25, -0.2) is 0 Å². The molecule has 23 heavy (non-hydrogen) atoms. The Morgan fingerprint density at radius 2 is 1.35 bits per heavy atom. The van der Waals surface area contributed by atoms with Gasteiger partial charge in [0.15, 0.2) is 0 Å². The second-order valence-electron chi connectivity index (χ2n) is 7.03. The zero-order valence-electron chi connectivity index (χ0n) is 14.9. The van der Waals surface area contributed by atoms with Gasteiger partial charge in [-0.05, 0) is 37.1 Å². The number of hydrogen-bond donors (Lipinski definition) is 0. The van der Waals surface area contributed by atoms with Crippen molar-refractivity contribution < 1.29 is 0 Å². The van der Waals surface area contributed by atoms with Crippen LogP contribution in [0.25, 0.3) is 0 Å². The first-order valence-electron chi connectivity index (χ1n) is 8.47. The third-order valence-corrected chi connectivity index (χ3v) is 10.4. The van der Waals surface area contributed by atoms with Gasteiger partial charge in [-0.3, -0.25) is 0 Å². The fourth-order valence-corrected chi connectivity index (χ4v) is 8.69. The Hall–Kier alpha value is -1.86. The molecular weight excluding hydrogens is 292 g/mol. The number of aryl methyl sites for hydroxylation is 1. The van der Waals surface area contributed by atoms with E-state index in [-0.39, 0.29) is 0 Å². The predicted molar refractivity (Wildman–Crippen MR) is 104 cm³/mol. The van der Waals surface area contributed by atoms with E-state index >= 15 is 0 Å². The maximum atomic E-state index is 2.52. The molecule has 0 aliphatic heterocycles. The fourth-order valence-electron chi connectivity index (χ4n) is 4.10. The van der Waals surface area contributed by atoms with Crippen LogP contribution in [0.4, 0.5) is 0 Å². The Bertz CT molecular complexity index is 765. The van der Waals surface area contributed by atoms with Crippen molar-refractivity contribution in [3.05, 3.63) is 82.6 Å². The van der Waals surface area contributed by atoms with Gasteiger partial charge >= 0.3 is 0 Å². The van der Waals surface area contributed by atoms with E-state index in [1.807, 2.05) is 0 Å². The van der Waals surface area contributed by atoms with E-state index in [9.17, 15) is 0 Å². The van der Waals surface area contributed by atoms with Crippen molar-refractivity contribution in [2.75, 3.05) is 0 Å². The monoisotopic (exact) mass is 318 g/mol. The molecule has 0 amide bonds. The minimum atomic E-state index is -1.93. The molecule has 0 spiro atoms. The summed E-state index contributed by atoms with van der Waals surface area (Å²) in [7, 11) is -1.93. The normalized spacial score (nSPS) is 20.4. The molecule has 0 saturated heterocycles. The molecule has 0 nitrogen and oxygen atoms in total. The molecule has 1 heteroatoms. The molecular formula is C22H26Si. The fraction of sp³-hybridized carbons (Fsp3) is 0.273. The van der Waals surface area contributed by atoms with Crippen molar-refractivity contribution in [3.8, 4) is 0 Å². The van der Waals surface area contributed by atoms with Crippen LogP contribution in [0.3, 0.4) is 0 Å². The summed E-state index contributed by atoms with van der Waals surface area (Å²) in [5, 5.41) is 4.69. The van der Waals surface area contributed by atoms with Crippen molar-refractivity contribution in [1.82, 2.24) is 0 Å². The van der Waals surface area contributed by atoms with Crippen molar-refractivity contribution in [2.45, 2.75) is 34.2 Å². The van der Waals surface area contributed by atoms with Crippen LogP contribution in [0.15, 0.2) is 77.0 Å². The summed E-state index contributed by atoms with van der Waals surface area (Å²) in [6.07, 6.45) is 2.44. The lowest BCUT2D eigenvalue weighted by Crippen LogP contribution is -2.58. The summed E-state index contributed by atoms with van der Waals surface area (Å²) in [6.45, 7) is 11.6. The van der Waals surface area contributed by atoms with E-state index in [4.69, 9.17) is 0 Å². The average Bonchev–Trinajstić information content (AvgIpc) is 2.81. The highest BCUT2D eigenvalue weighted by Gasteiger charge is 2.40. The molecule has 0 radical (unpaired) electrons. The minimum absolute atomic E-state index is 0.535. The number of allylic oxidation sites excluding steroid dienone is 4. The Labute approximate surface area is 141 Å². The lowest BCUT2D eigenvalue weighted by Gasteiger charge is -2.34. The molecule has 1 aliphatic rings. The van der Waals surface area contributed by atoms with Crippen LogP contribution in [0.2, 0.25) is 6.55 Å². The van der Waals surface area contributed by atoms with E-state index in [0.29, 0.717) is 5.92 Å². The number of hydrogen-bond acceptors (Lipinski definition) is 0. The number of benzene rings is 2. The highest BCUT2D eigenvalue weighted by molar-refractivity contribution is 7.06. The number of rotatable bonds is 3. The molecule has 0 heterocycles. The Kier molecular flexibility index (Phi) is 4.16. The molecule has 2 aromatic rings. The first-order valence-corrected chi connectivity index (χ1v) is 11.0. The Balaban J connectivity index is 2.26. The van der Waals surface area contributed by atoms with Gasteiger partial charge in [0.2, 0.25) is 0 Å². The molecule has 2 unspecified atom stereocenters. The molecule has 118 valence electrons. The summed E-state index contributed by atoms with van der Waals surface area (Å²) >= 11 is 0. The maximum Gasteiger partial charge on any atom is 0.142 e. The van der Waals surface area contributed by atoms with Crippen molar-refractivity contribution in [2.24, 2.45) is 5.92 Å². The summed E-state index contributed by atoms with van der Waals surface area (Å²) < 4.78 is 0. The SMILES string of the molecule is CC1=CC(C)C([Si](C)(c2ccccc2)c2ccc(C)cc2)=C1C. The smallest absolute Gasteiger partial charge is 0.0748 e. The zero-order valence-corrected chi connectivity index (χ0v) is 15.9. The third kappa shape index (κ3) is 2.64. The highest BCUT2D eigenvalue weighted by Crippen LogP contribution is 2.36. The molecule has 0 aromatic heterocycles. The molecule has 2 aromatic carbocycles. The van der Waals surface area contributed by atoms with Crippen molar-refractivity contribution >= 4 is 18.4 Å². The molecule has 3 rings (SSSR count). The van der Waals surface area contributed by atoms with Crippen LogP contribution in [0, 0.1) is 12.8 Å². The highest BCUT2D eigenvalue weighted by atomic mass is 28.3. The standard InChI is InChI=1S/C22H26Si/c1-16-11-13-21(14-12-16)23(5,20-9-7-6-8-10-20)22-18(3)15-17(2)19(22)4/h6-15,18H,1-5H3. The first kappa shape index (κ1) is 16.0. The van der Waals surface area contributed by atoms with Gasteiger partial charge in [0.25, 0.3) is 0 Å². The van der Waals surface area contributed by atoms with Gasteiger partial charge in [-0.1, -0.05) is 96.1 Å². The van der Waals surface area contributed by atoms with Crippen LogP contribution in [-0.2, 0) is 0 Å². The van der Waals surface area contributed by atoms with Gasteiger partial charge in [0.05, 0.1) is 0 Å². The minimum Gasteiger partial charge on any atom is -0.0748 e. The third-order valence-electron chi connectivity index (χ3n) is 5.47. The summed E-state index contributed by atoms with van der Waals surface area (Å²) in [6, 6.07) is 20.4. The molecule has 2 atom stereocenters. The summed E-state index contributed by atoms with van der Waals surface area (Å²) in [5.74, 6) is 0.535. The van der Waals surface area contributed by atoms with Gasteiger partial charge in [0.1, 0.15) is 8.07 Å². The Morgan fingerprint density at radius 1 is 0.783 bits per heavy atom. The molecule has 0 fully saturated rings. The second kappa shape index (κ2) is 5.97. The van der Waals surface area contributed by atoms with E-state index in [1.165, 1.54) is 27.1 Å². The van der Waals surface area contributed by atoms with Gasteiger partial charge in [0, 0.05) is 0 Å². The van der Waals surface area contributed by atoms with Crippen molar-refractivity contribution in [1.29, 1.82) is 0 Å². The van der Waals surface area contributed by atoms with Gasteiger partial charge in [-0.15, -0.1) is 0 Å². The zero-order chi connectivity index (χ0) is 16.6. The molecule has 0 N–H and O–H groups in total. The van der Waals surface area contributed by atoms with E-state index < -0.39 is 8.07 Å². The Morgan fingerprint density at radius 3 is 1.87 bits per heavy atom. The lowest BCUT2D eigenvalue weighted by atomic mass is 10.2. The van der Waals surface area contributed by atoms with Crippen LogP contribution in [0.5, 0.6) is 0 Å². The first-order chi connectivity index (χ1) is 10.9. The maximum absolute atomic E-state index is 2.52. The van der Waals surface area contributed by atoms with Gasteiger partial charge < -0.3 is 0 Å². The topological polar surface area (TPSA) is 0 Å². The molecule has 1 aliphatic carbocycles. The lowest BCUT2D eigenvalue weighted by molar-refractivity contribution is 0.921. The van der Waals surface area contributed by atoms with Crippen LogP contribution in [-0.4, -0.2) is 8.07 Å². The van der Waals surface area contributed by atoms with Gasteiger partial charge in [-0.2, -0.15) is 0 Å². The van der Waals surface area contributed by atoms with E-state index in [0.717, 1.165) is 0 Å². The van der Waals surface area contributed by atoms with Crippen molar-refractivity contribution in [3.63, 3.8) is 0 Å². The predicted octanol–water partition coefficient (Wildman–Crippen LogP) is 4.64. The van der Waals surface area contributed by atoms with E-state index in [1.54, 1.807) is 5.20 Å². The molecule has 0 saturated carbocycles. The van der Waals surface area contributed by atoms with Crippen LogP contribution in [0.1, 0.15) is 26.3 Å². The average molecular weight is 319 g/mol. The van der Waals surface area contributed by atoms with Crippen LogP contribution < -0.4 is 10.4 Å². The van der Waals surface area contributed by atoms with Crippen LogP contribution >= 0.6 is 0 Å².